The molecule has 0 radical (unpaired) electrons. The van der Waals surface area contributed by atoms with Gasteiger partial charge in [-0.2, -0.15) is 0 Å². The summed E-state index contributed by atoms with van der Waals surface area (Å²) in [6.45, 7) is 9.67. The van der Waals surface area contributed by atoms with Crippen LogP contribution in [0.15, 0.2) is 42.7 Å². The molecule has 1 aromatic carbocycles. The highest BCUT2D eigenvalue weighted by atomic mass is 16.5. The number of rotatable bonds is 3. The number of allylic oxidation sites excluding steroid dienone is 2. The summed E-state index contributed by atoms with van der Waals surface area (Å²) in [5.74, 6) is 3.49. The highest BCUT2D eigenvalue weighted by molar-refractivity contribution is 5.86. The molecule has 0 saturated heterocycles. The van der Waals surface area contributed by atoms with Gasteiger partial charge in [-0.05, 0) is 128 Å². The van der Waals surface area contributed by atoms with Crippen LogP contribution in [-0.4, -0.2) is 17.2 Å². The molecule has 33 heavy (non-hydrogen) atoms. The molecule has 2 nitrogen and oxygen atoms in total. The van der Waals surface area contributed by atoms with Crippen molar-refractivity contribution >= 4 is 16.3 Å². The van der Waals surface area contributed by atoms with Crippen molar-refractivity contribution in [1.82, 2.24) is 4.98 Å². The highest BCUT2D eigenvalue weighted by Gasteiger charge is 2.58. The van der Waals surface area contributed by atoms with Crippen LogP contribution in [0, 0.1) is 34.5 Å². The van der Waals surface area contributed by atoms with Crippen molar-refractivity contribution in [2.75, 3.05) is 0 Å². The summed E-state index contributed by atoms with van der Waals surface area (Å²) in [5.41, 5.74) is 3.94. The Hall–Kier alpha value is -1.67. The largest absolute Gasteiger partial charge is 0.376 e. The molecular formula is C31H41NO. The van der Waals surface area contributed by atoms with Crippen molar-refractivity contribution in [3.8, 4) is 0 Å². The van der Waals surface area contributed by atoms with E-state index in [0.29, 0.717) is 23.0 Å². The van der Waals surface area contributed by atoms with Crippen LogP contribution in [0.5, 0.6) is 0 Å². The highest BCUT2D eigenvalue weighted by Crippen LogP contribution is 2.67. The van der Waals surface area contributed by atoms with Crippen LogP contribution in [0.1, 0.15) is 84.6 Å². The third-order valence-electron chi connectivity index (χ3n) is 10.6. The van der Waals surface area contributed by atoms with Gasteiger partial charge in [0.25, 0.3) is 0 Å². The second-order valence-electron chi connectivity index (χ2n) is 12.5. The SMILES string of the molecule is CC(C)O[C@@H]1CC[C@@]2(C)[C@@H](CC[C@@H]3[C@@H]2CC[C@]2(C)C(c4ccc5cnccc5c4)=CC[C@@H]32)C1. The second kappa shape index (κ2) is 7.94. The lowest BCUT2D eigenvalue weighted by Crippen LogP contribution is -2.53. The Kier molecular flexibility index (Phi) is 5.25. The minimum absolute atomic E-state index is 0.336. The van der Waals surface area contributed by atoms with Gasteiger partial charge in [0.1, 0.15) is 0 Å². The van der Waals surface area contributed by atoms with Crippen molar-refractivity contribution < 1.29 is 4.74 Å². The predicted molar refractivity (Wildman–Crippen MR) is 137 cm³/mol. The van der Waals surface area contributed by atoms with Crippen LogP contribution in [0.25, 0.3) is 16.3 Å². The first kappa shape index (κ1) is 21.8. The number of hydrogen-bond donors (Lipinski definition) is 0. The summed E-state index contributed by atoms with van der Waals surface area (Å²) in [4.78, 5) is 4.30. The molecule has 3 saturated carbocycles. The quantitative estimate of drug-likeness (QED) is 0.478. The summed E-state index contributed by atoms with van der Waals surface area (Å²) in [6, 6.07) is 9.19. The Bertz CT molecular complexity index is 1070. The third-order valence-corrected chi connectivity index (χ3v) is 10.6. The lowest BCUT2D eigenvalue weighted by Gasteiger charge is -2.61. The average Bonchev–Trinajstić information content (AvgIpc) is 3.16. The van der Waals surface area contributed by atoms with E-state index in [1.807, 2.05) is 12.4 Å². The van der Waals surface area contributed by atoms with Crippen molar-refractivity contribution in [3.05, 3.63) is 48.3 Å². The normalized spacial score (nSPS) is 40.3. The van der Waals surface area contributed by atoms with Crippen LogP contribution in [0.4, 0.5) is 0 Å². The molecule has 4 aliphatic rings. The molecular weight excluding hydrogens is 402 g/mol. The molecule has 7 atom stereocenters. The molecule has 0 N–H and O–H groups in total. The smallest absolute Gasteiger partial charge is 0.0581 e. The zero-order chi connectivity index (χ0) is 22.8. The monoisotopic (exact) mass is 443 g/mol. The summed E-state index contributed by atoms with van der Waals surface area (Å²) < 4.78 is 6.29. The summed E-state index contributed by atoms with van der Waals surface area (Å²) >= 11 is 0. The van der Waals surface area contributed by atoms with Gasteiger partial charge in [0.15, 0.2) is 0 Å². The molecule has 4 aliphatic carbocycles. The fraction of sp³-hybridized carbons (Fsp3) is 0.645. The topological polar surface area (TPSA) is 22.1 Å². The molecule has 0 amide bonds. The van der Waals surface area contributed by atoms with E-state index in [-0.39, 0.29) is 0 Å². The van der Waals surface area contributed by atoms with Gasteiger partial charge >= 0.3 is 0 Å². The summed E-state index contributed by atoms with van der Waals surface area (Å²) in [6.07, 6.45) is 18.2. The molecule has 1 heterocycles. The van der Waals surface area contributed by atoms with Gasteiger partial charge in [0.2, 0.25) is 0 Å². The van der Waals surface area contributed by atoms with Crippen molar-refractivity contribution in [2.24, 2.45) is 34.5 Å². The number of hydrogen-bond acceptors (Lipinski definition) is 2. The second-order valence-corrected chi connectivity index (χ2v) is 12.5. The Morgan fingerprint density at radius 1 is 0.970 bits per heavy atom. The molecule has 1 aromatic heterocycles. The predicted octanol–water partition coefficient (Wildman–Crippen LogP) is 8.06. The third kappa shape index (κ3) is 3.42. The minimum atomic E-state index is 0.336. The van der Waals surface area contributed by atoms with Crippen LogP contribution in [0.3, 0.4) is 0 Å². The van der Waals surface area contributed by atoms with Gasteiger partial charge in [-0.1, -0.05) is 32.1 Å². The molecule has 2 aromatic rings. The minimum Gasteiger partial charge on any atom is -0.376 e. The van der Waals surface area contributed by atoms with E-state index in [1.54, 1.807) is 5.57 Å². The molecule has 176 valence electrons. The standard InChI is InChI=1S/C31H41NO/c1-20(2)33-25-11-14-30(3)24(18-25)7-8-26-28-10-9-27(31(28,4)15-12-29(26)30)22-5-6-23-19-32-16-13-21(23)17-22/h5-6,9,13,16-17,19-20,24-26,28-29H,7-8,10-12,14-15,18H2,1-4H3/t24-,25+,26-,28-,29-,30-,31+/m0/s1. The molecule has 0 unspecified atom stereocenters. The maximum atomic E-state index is 6.29. The van der Waals surface area contributed by atoms with Crippen molar-refractivity contribution in [3.63, 3.8) is 0 Å². The summed E-state index contributed by atoms with van der Waals surface area (Å²) in [7, 11) is 0. The van der Waals surface area contributed by atoms with E-state index in [2.05, 4.69) is 63.0 Å². The molecule has 2 heteroatoms. The first-order chi connectivity index (χ1) is 15.9. The molecule has 0 aliphatic heterocycles. The summed E-state index contributed by atoms with van der Waals surface area (Å²) in [5, 5.41) is 2.56. The first-order valence-electron chi connectivity index (χ1n) is 13.6. The van der Waals surface area contributed by atoms with Gasteiger partial charge < -0.3 is 4.74 Å². The van der Waals surface area contributed by atoms with Crippen LogP contribution in [0.2, 0.25) is 0 Å². The van der Waals surface area contributed by atoms with Crippen LogP contribution >= 0.6 is 0 Å². The maximum Gasteiger partial charge on any atom is 0.0581 e. The lowest BCUT2D eigenvalue weighted by molar-refractivity contribution is -0.132. The van der Waals surface area contributed by atoms with Gasteiger partial charge in [-0.15, -0.1) is 0 Å². The Balaban J connectivity index is 1.25. The molecule has 3 fully saturated rings. The number of benzene rings is 1. The Morgan fingerprint density at radius 3 is 2.70 bits per heavy atom. The number of pyridine rings is 1. The zero-order valence-electron chi connectivity index (χ0n) is 21.0. The maximum absolute atomic E-state index is 6.29. The van der Waals surface area contributed by atoms with E-state index in [1.165, 1.54) is 67.7 Å². The van der Waals surface area contributed by atoms with Gasteiger partial charge in [0.05, 0.1) is 12.2 Å². The molecule has 0 bridgehead atoms. The van der Waals surface area contributed by atoms with Gasteiger partial charge in [0, 0.05) is 17.8 Å². The van der Waals surface area contributed by atoms with Crippen LogP contribution in [-0.2, 0) is 4.74 Å². The molecule has 0 spiro atoms. The van der Waals surface area contributed by atoms with Gasteiger partial charge in [-0.25, -0.2) is 0 Å². The van der Waals surface area contributed by atoms with E-state index in [0.717, 1.165) is 23.7 Å². The number of nitrogens with zero attached hydrogens (tertiary/aromatic N) is 1. The number of fused-ring (bicyclic) bond motifs is 6. The zero-order valence-corrected chi connectivity index (χ0v) is 21.0. The van der Waals surface area contributed by atoms with E-state index in [9.17, 15) is 0 Å². The molecule has 6 rings (SSSR count). The van der Waals surface area contributed by atoms with E-state index >= 15 is 0 Å². The lowest BCUT2D eigenvalue weighted by atomic mass is 9.44. The van der Waals surface area contributed by atoms with Gasteiger partial charge in [-0.3, -0.25) is 4.98 Å². The van der Waals surface area contributed by atoms with E-state index < -0.39 is 0 Å². The van der Waals surface area contributed by atoms with Crippen molar-refractivity contribution in [1.29, 1.82) is 0 Å². The fourth-order valence-corrected chi connectivity index (χ4v) is 8.99. The van der Waals surface area contributed by atoms with E-state index in [4.69, 9.17) is 4.74 Å². The van der Waals surface area contributed by atoms with Crippen LogP contribution < -0.4 is 0 Å². The first-order valence-corrected chi connectivity index (χ1v) is 13.6. The average molecular weight is 444 g/mol. The number of aromatic nitrogens is 1. The van der Waals surface area contributed by atoms with Crippen molar-refractivity contribution in [2.45, 2.75) is 91.3 Å². The Morgan fingerprint density at radius 2 is 1.85 bits per heavy atom. The fourth-order valence-electron chi connectivity index (χ4n) is 8.99. The number of ether oxygens (including phenoxy) is 1. The Labute approximate surface area is 200 Å².